The highest BCUT2D eigenvalue weighted by Crippen LogP contribution is 2.33. The summed E-state index contributed by atoms with van der Waals surface area (Å²) in [5, 5.41) is 0. The van der Waals surface area contributed by atoms with Crippen molar-refractivity contribution in [2.24, 2.45) is 11.7 Å². The number of aromatic nitrogens is 1. The number of likely N-dealkylation sites (tertiary alicyclic amines) is 1. The third kappa shape index (κ3) is 2.67. The highest BCUT2D eigenvalue weighted by molar-refractivity contribution is 5.42. The van der Waals surface area contributed by atoms with Crippen LogP contribution in [0.15, 0.2) is 12.3 Å². The molecule has 0 atom stereocenters. The Morgan fingerprint density at radius 3 is 2.58 bits per heavy atom. The van der Waals surface area contributed by atoms with Crippen LogP contribution in [-0.4, -0.2) is 42.7 Å². The second-order valence-corrected chi connectivity index (χ2v) is 5.53. The van der Waals surface area contributed by atoms with Crippen LogP contribution in [0.4, 0.5) is 0 Å². The van der Waals surface area contributed by atoms with Crippen LogP contribution >= 0.6 is 0 Å². The third-order valence-electron chi connectivity index (χ3n) is 3.93. The van der Waals surface area contributed by atoms with E-state index in [0.29, 0.717) is 11.7 Å². The molecule has 0 saturated carbocycles. The first-order chi connectivity index (χ1) is 9.00. The van der Waals surface area contributed by atoms with Gasteiger partial charge in [0.15, 0.2) is 11.5 Å². The molecule has 0 radical (unpaired) electrons. The molecule has 1 aromatic heterocycles. The van der Waals surface area contributed by atoms with Crippen molar-refractivity contribution in [2.75, 3.05) is 27.3 Å². The lowest BCUT2D eigenvalue weighted by molar-refractivity contribution is 0.0297. The van der Waals surface area contributed by atoms with Gasteiger partial charge < -0.3 is 15.2 Å². The number of methoxy groups -OCH3 is 2. The van der Waals surface area contributed by atoms with Gasteiger partial charge in [0.25, 0.3) is 0 Å². The number of ether oxygens (including phenoxy) is 2. The number of rotatable bonds is 5. The number of nitrogens with zero attached hydrogens (tertiary/aromatic N) is 2. The zero-order valence-corrected chi connectivity index (χ0v) is 12.1. The fourth-order valence-electron chi connectivity index (χ4n) is 2.44. The highest BCUT2D eigenvalue weighted by Gasteiger charge is 2.42. The molecule has 1 saturated heterocycles. The standard InChI is InChI=1S/C14H23N3O2/c1-10(2)14(15)8-17(9-14)7-11-13(19-4)12(18-3)5-6-16-11/h5-6,10H,7-9,15H2,1-4H3. The molecule has 19 heavy (non-hydrogen) atoms. The Bertz CT molecular complexity index is 442. The fourth-order valence-corrected chi connectivity index (χ4v) is 2.44. The van der Waals surface area contributed by atoms with E-state index < -0.39 is 0 Å². The van der Waals surface area contributed by atoms with E-state index in [4.69, 9.17) is 15.2 Å². The molecule has 1 aliphatic heterocycles. The Morgan fingerprint density at radius 1 is 1.37 bits per heavy atom. The van der Waals surface area contributed by atoms with Gasteiger partial charge in [-0.2, -0.15) is 0 Å². The Hall–Kier alpha value is -1.33. The van der Waals surface area contributed by atoms with Gasteiger partial charge in [-0.15, -0.1) is 0 Å². The van der Waals surface area contributed by atoms with E-state index in [-0.39, 0.29) is 5.54 Å². The van der Waals surface area contributed by atoms with Crippen LogP contribution in [-0.2, 0) is 6.54 Å². The zero-order valence-electron chi connectivity index (χ0n) is 12.1. The van der Waals surface area contributed by atoms with Gasteiger partial charge in [0.1, 0.15) is 5.69 Å². The summed E-state index contributed by atoms with van der Waals surface area (Å²) in [6.07, 6.45) is 1.74. The van der Waals surface area contributed by atoms with Crippen molar-refractivity contribution in [3.63, 3.8) is 0 Å². The van der Waals surface area contributed by atoms with Crippen molar-refractivity contribution in [3.8, 4) is 11.5 Å². The molecule has 2 rings (SSSR count). The average molecular weight is 265 g/mol. The van der Waals surface area contributed by atoms with Gasteiger partial charge in [-0.3, -0.25) is 9.88 Å². The van der Waals surface area contributed by atoms with E-state index in [9.17, 15) is 0 Å². The predicted molar refractivity (Wildman–Crippen MR) is 74.4 cm³/mol. The van der Waals surface area contributed by atoms with Crippen LogP contribution in [0.3, 0.4) is 0 Å². The molecule has 5 heteroatoms. The summed E-state index contributed by atoms with van der Waals surface area (Å²) in [4.78, 5) is 6.67. The van der Waals surface area contributed by atoms with Crippen LogP contribution in [0.2, 0.25) is 0 Å². The van der Waals surface area contributed by atoms with E-state index in [1.54, 1.807) is 26.5 Å². The first kappa shape index (κ1) is 14.1. The minimum atomic E-state index is -0.0634. The van der Waals surface area contributed by atoms with Crippen LogP contribution < -0.4 is 15.2 Å². The van der Waals surface area contributed by atoms with E-state index in [1.807, 2.05) is 0 Å². The van der Waals surface area contributed by atoms with Gasteiger partial charge in [0.2, 0.25) is 0 Å². The SMILES string of the molecule is COc1ccnc(CN2CC(N)(C(C)C)C2)c1OC. The molecule has 1 aromatic rings. The Balaban J connectivity index is 2.06. The molecule has 2 N–H and O–H groups in total. The van der Waals surface area contributed by atoms with Crippen molar-refractivity contribution in [3.05, 3.63) is 18.0 Å². The van der Waals surface area contributed by atoms with Crippen LogP contribution in [0.5, 0.6) is 11.5 Å². The van der Waals surface area contributed by atoms with Gasteiger partial charge in [0.05, 0.1) is 14.2 Å². The summed E-state index contributed by atoms with van der Waals surface area (Å²) >= 11 is 0. The first-order valence-electron chi connectivity index (χ1n) is 6.57. The highest BCUT2D eigenvalue weighted by atomic mass is 16.5. The van der Waals surface area contributed by atoms with E-state index in [1.165, 1.54) is 0 Å². The summed E-state index contributed by atoms with van der Waals surface area (Å²) in [5.74, 6) is 1.92. The molecular weight excluding hydrogens is 242 g/mol. The second kappa shape index (κ2) is 5.35. The van der Waals surface area contributed by atoms with Gasteiger partial charge in [0, 0.05) is 37.4 Å². The number of pyridine rings is 1. The molecular formula is C14H23N3O2. The smallest absolute Gasteiger partial charge is 0.183 e. The number of nitrogens with two attached hydrogens (primary N) is 1. The Kier molecular flexibility index (Phi) is 3.96. The summed E-state index contributed by atoms with van der Waals surface area (Å²) in [6, 6.07) is 1.81. The zero-order chi connectivity index (χ0) is 14.0. The maximum atomic E-state index is 6.30. The van der Waals surface area contributed by atoms with E-state index in [0.717, 1.165) is 31.1 Å². The number of hydrogen-bond donors (Lipinski definition) is 1. The second-order valence-electron chi connectivity index (χ2n) is 5.53. The lowest BCUT2D eigenvalue weighted by Crippen LogP contribution is -2.69. The van der Waals surface area contributed by atoms with Gasteiger partial charge in [-0.05, 0) is 5.92 Å². The molecule has 0 bridgehead atoms. The number of hydrogen-bond acceptors (Lipinski definition) is 5. The van der Waals surface area contributed by atoms with Gasteiger partial charge >= 0.3 is 0 Å². The maximum Gasteiger partial charge on any atom is 0.183 e. The Morgan fingerprint density at radius 2 is 2.05 bits per heavy atom. The minimum Gasteiger partial charge on any atom is -0.493 e. The summed E-state index contributed by atoms with van der Waals surface area (Å²) in [5.41, 5.74) is 7.13. The maximum absolute atomic E-state index is 6.30. The third-order valence-corrected chi connectivity index (χ3v) is 3.93. The molecule has 0 spiro atoms. The Labute approximate surface area is 114 Å². The van der Waals surface area contributed by atoms with Crippen LogP contribution in [0, 0.1) is 5.92 Å². The molecule has 5 nitrogen and oxygen atoms in total. The topological polar surface area (TPSA) is 60.6 Å². The van der Waals surface area contributed by atoms with Crippen molar-refractivity contribution < 1.29 is 9.47 Å². The molecule has 0 unspecified atom stereocenters. The van der Waals surface area contributed by atoms with Crippen LogP contribution in [0.1, 0.15) is 19.5 Å². The summed E-state index contributed by atoms with van der Waals surface area (Å²) in [6.45, 7) is 6.87. The quantitative estimate of drug-likeness (QED) is 0.868. The van der Waals surface area contributed by atoms with Gasteiger partial charge in [-0.1, -0.05) is 13.8 Å². The van der Waals surface area contributed by atoms with E-state index >= 15 is 0 Å². The largest absolute Gasteiger partial charge is 0.493 e. The molecule has 106 valence electrons. The molecule has 2 heterocycles. The molecule has 1 aliphatic rings. The molecule has 0 aliphatic carbocycles. The first-order valence-corrected chi connectivity index (χ1v) is 6.57. The summed E-state index contributed by atoms with van der Waals surface area (Å²) in [7, 11) is 3.27. The van der Waals surface area contributed by atoms with Gasteiger partial charge in [-0.25, -0.2) is 0 Å². The fraction of sp³-hybridized carbons (Fsp3) is 0.643. The minimum absolute atomic E-state index is 0.0634. The average Bonchev–Trinajstić information content (AvgIpc) is 2.36. The normalized spacial score (nSPS) is 18.2. The van der Waals surface area contributed by atoms with Crippen molar-refractivity contribution >= 4 is 0 Å². The summed E-state index contributed by atoms with van der Waals surface area (Å²) < 4.78 is 10.7. The van der Waals surface area contributed by atoms with Crippen molar-refractivity contribution in [1.82, 2.24) is 9.88 Å². The molecule has 1 fully saturated rings. The lowest BCUT2D eigenvalue weighted by Gasteiger charge is -2.50. The molecule has 0 aromatic carbocycles. The lowest BCUT2D eigenvalue weighted by atomic mass is 9.80. The van der Waals surface area contributed by atoms with Crippen molar-refractivity contribution in [1.29, 1.82) is 0 Å². The predicted octanol–water partition coefficient (Wildman–Crippen LogP) is 1.27. The molecule has 0 amide bonds. The van der Waals surface area contributed by atoms with Crippen LogP contribution in [0.25, 0.3) is 0 Å². The monoisotopic (exact) mass is 265 g/mol. The van der Waals surface area contributed by atoms with Crippen molar-refractivity contribution in [2.45, 2.75) is 25.9 Å². The van der Waals surface area contributed by atoms with E-state index in [2.05, 4.69) is 23.7 Å².